The first kappa shape index (κ1) is 17.4. The molecule has 0 saturated carbocycles. The van der Waals surface area contributed by atoms with Crippen LogP contribution in [0.5, 0.6) is 17.2 Å². The van der Waals surface area contributed by atoms with E-state index in [2.05, 4.69) is 4.99 Å². The van der Waals surface area contributed by atoms with Gasteiger partial charge in [0.2, 0.25) is 5.75 Å². The Morgan fingerprint density at radius 1 is 1.09 bits per heavy atom. The van der Waals surface area contributed by atoms with Crippen LogP contribution in [0.2, 0.25) is 0 Å². The molecule has 0 radical (unpaired) electrons. The van der Waals surface area contributed by atoms with E-state index in [0.717, 1.165) is 0 Å². The molecule has 22 heavy (non-hydrogen) atoms. The van der Waals surface area contributed by atoms with Crippen molar-refractivity contribution in [2.24, 2.45) is 16.5 Å². The number of hydrogen-bond donors (Lipinski definition) is 2. The van der Waals surface area contributed by atoms with Gasteiger partial charge in [-0.25, -0.2) is 4.79 Å². The first-order valence-corrected chi connectivity index (χ1v) is 6.56. The fourth-order valence-corrected chi connectivity index (χ4v) is 1.72. The number of rotatable bonds is 8. The third-order valence-electron chi connectivity index (χ3n) is 2.73. The molecule has 122 valence electrons. The van der Waals surface area contributed by atoms with Crippen LogP contribution in [0.25, 0.3) is 0 Å². The van der Waals surface area contributed by atoms with E-state index in [1.54, 1.807) is 0 Å². The number of aliphatic imine (C=N–C) groups is 1. The Bertz CT molecular complexity index is 516. The number of nitrogens with zero attached hydrogens (tertiary/aromatic N) is 1. The van der Waals surface area contributed by atoms with Crippen molar-refractivity contribution in [1.82, 2.24) is 0 Å². The van der Waals surface area contributed by atoms with E-state index in [4.69, 9.17) is 30.4 Å². The lowest BCUT2D eigenvalue weighted by molar-refractivity contribution is 0.0502. The van der Waals surface area contributed by atoms with Crippen molar-refractivity contribution >= 4 is 11.9 Å². The molecule has 0 aromatic heterocycles. The highest BCUT2D eigenvalue weighted by Gasteiger charge is 2.17. The summed E-state index contributed by atoms with van der Waals surface area (Å²) in [5.41, 5.74) is 10.7. The molecule has 0 heterocycles. The highest BCUT2D eigenvalue weighted by atomic mass is 16.5. The molecule has 8 nitrogen and oxygen atoms in total. The normalized spacial score (nSPS) is 9.77. The molecule has 0 aliphatic carbocycles. The van der Waals surface area contributed by atoms with E-state index in [1.165, 1.54) is 33.5 Å². The molecule has 0 saturated heterocycles. The van der Waals surface area contributed by atoms with E-state index >= 15 is 0 Å². The summed E-state index contributed by atoms with van der Waals surface area (Å²) in [7, 11) is 4.44. The van der Waals surface area contributed by atoms with Gasteiger partial charge in [0.1, 0.15) is 0 Å². The van der Waals surface area contributed by atoms with Gasteiger partial charge in [0.25, 0.3) is 0 Å². The van der Waals surface area contributed by atoms with Crippen LogP contribution in [-0.2, 0) is 4.74 Å². The lowest BCUT2D eigenvalue weighted by atomic mass is 10.2. The van der Waals surface area contributed by atoms with Gasteiger partial charge in [-0.05, 0) is 12.1 Å². The standard InChI is InChI=1S/C14H21N3O5/c1-19-10-7-9(8-11(20-2)12(10)21-3)13(18)22-6-4-5-17-14(15)16/h7-8H,4-6H2,1-3H3,(H4,15,16,17). The van der Waals surface area contributed by atoms with Gasteiger partial charge in [0.05, 0.1) is 33.5 Å². The quantitative estimate of drug-likeness (QED) is 0.311. The Kier molecular flexibility index (Phi) is 6.81. The summed E-state index contributed by atoms with van der Waals surface area (Å²) >= 11 is 0. The first-order chi connectivity index (χ1) is 10.5. The van der Waals surface area contributed by atoms with Crippen LogP contribution in [0.3, 0.4) is 0 Å². The van der Waals surface area contributed by atoms with E-state index < -0.39 is 5.97 Å². The van der Waals surface area contributed by atoms with Crippen molar-refractivity contribution < 1.29 is 23.7 Å². The van der Waals surface area contributed by atoms with Crippen LogP contribution in [0, 0.1) is 0 Å². The minimum absolute atomic E-state index is 0.0101. The average Bonchev–Trinajstić information content (AvgIpc) is 2.52. The number of benzene rings is 1. The fraction of sp³-hybridized carbons (Fsp3) is 0.429. The minimum atomic E-state index is -0.496. The third-order valence-corrected chi connectivity index (χ3v) is 2.73. The monoisotopic (exact) mass is 311 g/mol. The topological polar surface area (TPSA) is 118 Å². The number of ether oxygens (including phenoxy) is 4. The highest BCUT2D eigenvalue weighted by molar-refractivity contribution is 5.91. The van der Waals surface area contributed by atoms with Crippen molar-refractivity contribution in [1.29, 1.82) is 0 Å². The maximum absolute atomic E-state index is 12.0. The lowest BCUT2D eigenvalue weighted by Crippen LogP contribution is -2.23. The molecule has 0 fully saturated rings. The molecule has 0 spiro atoms. The molecule has 0 aliphatic heterocycles. The van der Waals surface area contributed by atoms with Crippen molar-refractivity contribution in [2.75, 3.05) is 34.5 Å². The van der Waals surface area contributed by atoms with Crippen LogP contribution < -0.4 is 25.7 Å². The molecule has 1 rings (SSSR count). The van der Waals surface area contributed by atoms with Crippen LogP contribution >= 0.6 is 0 Å². The molecule has 8 heteroatoms. The van der Waals surface area contributed by atoms with Gasteiger partial charge in [-0.15, -0.1) is 0 Å². The predicted molar refractivity (Wildman–Crippen MR) is 81.7 cm³/mol. The summed E-state index contributed by atoms with van der Waals surface area (Å²) in [6, 6.07) is 3.05. The molecule has 0 amide bonds. The summed E-state index contributed by atoms with van der Waals surface area (Å²) in [5, 5.41) is 0. The number of carbonyl (C=O) groups excluding carboxylic acids is 1. The number of hydrogen-bond acceptors (Lipinski definition) is 6. The molecule has 0 atom stereocenters. The summed E-state index contributed by atoms with van der Waals surface area (Å²) in [6.07, 6.45) is 0.522. The molecule has 0 unspecified atom stereocenters. The van der Waals surface area contributed by atoms with Crippen LogP contribution in [-0.4, -0.2) is 46.4 Å². The Labute approximate surface area is 129 Å². The van der Waals surface area contributed by atoms with Gasteiger partial charge in [0.15, 0.2) is 17.5 Å². The van der Waals surface area contributed by atoms with Gasteiger partial charge < -0.3 is 30.4 Å². The number of esters is 1. The minimum Gasteiger partial charge on any atom is -0.493 e. The lowest BCUT2D eigenvalue weighted by Gasteiger charge is -2.13. The van der Waals surface area contributed by atoms with E-state index in [0.29, 0.717) is 35.8 Å². The number of methoxy groups -OCH3 is 3. The average molecular weight is 311 g/mol. The molecule has 0 bridgehead atoms. The van der Waals surface area contributed by atoms with E-state index in [1.807, 2.05) is 0 Å². The van der Waals surface area contributed by atoms with E-state index in [-0.39, 0.29) is 12.6 Å². The van der Waals surface area contributed by atoms with E-state index in [9.17, 15) is 4.79 Å². The van der Waals surface area contributed by atoms with Crippen LogP contribution in [0.15, 0.2) is 17.1 Å². The third kappa shape index (κ3) is 4.72. The van der Waals surface area contributed by atoms with Crippen molar-refractivity contribution in [3.63, 3.8) is 0 Å². The second-order valence-electron chi connectivity index (χ2n) is 4.21. The molecule has 1 aromatic carbocycles. The molecular weight excluding hydrogens is 290 g/mol. The predicted octanol–water partition coefficient (Wildman–Crippen LogP) is 0.533. The highest BCUT2D eigenvalue weighted by Crippen LogP contribution is 2.38. The zero-order valence-electron chi connectivity index (χ0n) is 12.9. The Balaban J connectivity index is 2.75. The van der Waals surface area contributed by atoms with Gasteiger partial charge >= 0.3 is 5.97 Å². The van der Waals surface area contributed by atoms with Crippen LogP contribution in [0.1, 0.15) is 16.8 Å². The summed E-state index contributed by atoms with van der Waals surface area (Å²) in [4.78, 5) is 15.8. The van der Waals surface area contributed by atoms with Crippen LogP contribution in [0.4, 0.5) is 0 Å². The van der Waals surface area contributed by atoms with Crippen molar-refractivity contribution in [2.45, 2.75) is 6.42 Å². The summed E-state index contributed by atoms with van der Waals surface area (Å²) in [6.45, 7) is 0.594. The summed E-state index contributed by atoms with van der Waals surface area (Å²) < 4.78 is 20.7. The Hall–Kier alpha value is -2.64. The van der Waals surface area contributed by atoms with Crippen molar-refractivity contribution in [3.8, 4) is 17.2 Å². The number of carbonyl (C=O) groups is 1. The second kappa shape index (κ2) is 8.60. The zero-order valence-corrected chi connectivity index (χ0v) is 12.9. The zero-order chi connectivity index (χ0) is 16.5. The van der Waals surface area contributed by atoms with Gasteiger partial charge in [-0.3, -0.25) is 4.99 Å². The molecule has 0 aliphatic rings. The molecule has 1 aromatic rings. The SMILES string of the molecule is COc1cc(C(=O)OCCCN=C(N)N)cc(OC)c1OC. The van der Waals surface area contributed by atoms with Gasteiger partial charge in [-0.2, -0.15) is 0 Å². The Morgan fingerprint density at radius 3 is 2.14 bits per heavy atom. The fourth-order valence-electron chi connectivity index (χ4n) is 1.72. The maximum atomic E-state index is 12.0. The molecule has 4 N–H and O–H groups in total. The maximum Gasteiger partial charge on any atom is 0.338 e. The second-order valence-corrected chi connectivity index (χ2v) is 4.21. The van der Waals surface area contributed by atoms with Gasteiger partial charge in [-0.1, -0.05) is 0 Å². The first-order valence-electron chi connectivity index (χ1n) is 6.56. The van der Waals surface area contributed by atoms with Gasteiger partial charge in [0, 0.05) is 13.0 Å². The Morgan fingerprint density at radius 2 is 1.68 bits per heavy atom. The number of guanidine groups is 1. The van der Waals surface area contributed by atoms with Crippen molar-refractivity contribution in [3.05, 3.63) is 17.7 Å². The summed E-state index contributed by atoms with van der Waals surface area (Å²) in [5.74, 6) is 0.692. The number of nitrogens with two attached hydrogens (primary N) is 2. The largest absolute Gasteiger partial charge is 0.493 e. The smallest absolute Gasteiger partial charge is 0.338 e. The molecular formula is C14H21N3O5.